The van der Waals surface area contributed by atoms with Gasteiger partial charge in [-0.1, -0.05) is 26.2 Å². The van der Waals surface area contributed by atoms with E-state index >= 15 is 0 Å². The number of nitrogens with one attached hydrogen (secondary N) is 1. The minimum absolute atomic E-state index is 0.00667. The van der Waals surface area contributed by atoms with Crippen molar-refractivity contribution in [2.24, 2.45) is 5.41 Å². The molecule has 0 aromatic rings. The monoisotopic (exact) mass is 223 g/mol. The molecule has 2 rings (SSSR count). The van der Waals surface area contributed by atoms with E-state index in [1.807, 2.05) is 6.92 Å². The normalized spacial score (nSPS) is 27.8. The molecule has 2 aliphatic rings. The van der Waals surface area contributed by atoms with Crippen molar-refractivity contribution in [1.82, 2.24) is 5.32 Å². The van der Waals surface area contributed by atoms with Crippen molar-refractivity contribution in [1.29, 1.82) is 0 Å². The van der Waals surface area contributed by atoms with E-state index < -0.39 is 5.91 Å². The summed E-state index contributed by atoms with van der Waals surface area (Å²) in [5.41, 5.74) is -0.394. The fraction of sp³-hybridized carbons (Fsp3) is 0.667. The van der Waals surface area contributed by atoms with Gasteiger partial charge in [-0.05, 0) is 12.8 Å². The minimum atomic E-state index is -0.422. The summed E-state index contributed by atoms with van der Waals surface area (Å²) in [6.45, 7) is 1.96. The molecule has 88 valence electrons. The molecule has 0 spiro atoms. The molecule has 2 fully saturated rings. The summed E-state index contributed by atoms with van der Waals surface area (Å²) in [5, 5.41) is 12.6. The summed E-state index contributed by atoms with van der Waals surface area (Å²) in [5.74, 6) is -0.698. The van der Waals surface area contributed by atoms with E-state index in [1.165, 1.54) is 6.42 Å². The van der Waals surface area contributed by atoms with Gasteiger partial charge in [-0.25, -0.2) is 0 Å². The minimum Gasteiger partial charge on any atom is -0.511 e. The van der Waals surface area contributed by atoms with E-state index in [1.54, 1.807) is 0 Å². The van der Waals surface area contributed by atoms with Gasteiger partial charge < -0.3 is 10.4 Å². The zero-order chi connectivity index (χ0) is 11.8. The van der Waals surface area contributed by atoms with E-state index in [2.05, 4.69) is 5.32 Å². The van der Waals surface area contributed by atoms with Crippen LogP contribution in [0.25, 0.3) is 0 Å². The summed E-state index contributed by atoms with van der Waals surface area (Å²) in [4.78, 5) is 23.0. The van der Waals surface area contributed by atoms with Crippen LogP contribution in [0.1, 0.15) is 39.0 Å². The Morgan fingerprint density at radius 2 is 1.88 bits per heavy atom. The molecule has 0 aromatic heterocycles. The van der Waals surface area contributed by atoms with Gasteiger partial charge in [0.05, 0.1) is 6.54 Å². The lowest BCUT2D eigenvalue weighted by atomic mass is 9.73. The SMILES string of the molecule is CC1(/C(O)=C2/C(=O)CNC2=O)CCCCC1. The molecule has 1 aliphatic heterocycles. The van der Waals surface area contributed by atoms with E-state index in [0.717, 1.165) is 25.7 Å². The summed E-state index contributed by atoms with van der Waals surface area (Å²) in [6.07, 6.45) is 4.96. The number of ketones is 1. The Bertz CT molecular complexity index is 346. The fourth-order valence-corrected chi connectivity index (χ4v) is 2.57. The maximum absolute atomic E-state index is 11.5. The largest absolute Gasteiger partial charge is 0.511 e. The number of aliphatic hydroxyl groups excluding tert-OH is 1. The fourth-order valence-electron chi connectivity index (χ4n) is 2.57. The Labute approximate surface area is 94.7 Å². The molecule has 0 unspecified atom stereocenters. The van der Waals surface area contributed by atoms with Crippen LogP contribution in [0.4, 0.5) is 0 Å². The third kappa shape index (κ3) is 1.72. The number of hydrogen-bond acceptors (Lipinski definition) is 3. The van der Waals surface area contributed by atoms with E-state index in [9.17, 15) is 14.7 Å². The van der Waals surface area contributed by atoms with Crippen LogP contribution >= 0.6 is 0 Å². The Morgan fingerprint density at radius 3 is 2.38 bits per heavy atom. The first-order valence-corrected chi connectivity index (χ1v) is 5.80. The summed E-state index contributed by atoms with van der Waals surface area (Å²) in [7, 11) is 0. The Morgan fingerprint density at radius 1 is 1.25 bits per heavy atom. The number of carbonyl (C=O) groups excluding carboxylic acids is 2. The average molecular weight is 223 g/mol. The maximum Gasteiger partial charge on any atom is 0.258 e. The molecular weight excluding hydrogens is 206 g/mol. The van der Waals surface area contributed by atoms with E-state index in [4.69, 9.17) is 0 Å². The maximum atomic E-state index is 11.5. The van der Waals surface area contributed by atoms with Crippen LogP contribution in [0.15, 0.2) is 11.3 Å². The standard InChI is InChI=1S/C12H17NO3/c1-12(5-3-2-4-6-12)10(15)9-8(14)7-13-11(9)16/h15H,2-7H2,1H3,(H,13,16)/b10-9+. The summed E-state index contributed by atoms with van der Waals surface area (Å²) in [6, 6.07) is 0. The van der Waals surface area contributed by atoms with Crippen LogP contribution in [0.5, 0.6) is 0 Å². The van der Waals surface area contributed by atoms with E-state index in [0.29, 0.717) is 0 Å². The molecule has 1 amide bonds. The molecule has 0 radical (unpaired) electrons. The van der Waals surface area contributed by atoms with Crippen LogP contribution in [0.3, 0.4) is 0 Å². The lowest BCUT2D eigenvalue weighted by Gasteiger charge is -2.33. The van der Waals surface area contributed by atoms with Crippen molar-refractivity contribution >= 4 is 11.7 Å². The van der Waals surface area contributed by atoms with Crippen LogP contribution in [-0.2, 0) is 9.59 Å². The van der Waals surface area contributed by atoms with Crippen LogP contribution in [0, 0.1) is 5.41 Å². The molecule has 1 heterocycles. The predicted molar refractivity (Wildman–Crippen MR) is 58.9 cm³/mol. The molecule has 1 saturated carbocycles. The second-order valence-electron chi connectivity index (χ2n) is 4.95. The number of Topliss-reactive ketones (excluding diaryl/α,β-unsaturated/α-hetero) is 1. The van der Waals surface area contributed by atoms with Gasteiger partial charge in [0.1, 0.15) is 11.3 Å². The highest BCUT2D eigenvalue weighted by Crippen LogP contribution is 2.42. The number of rotatable bonds is 1. The van der Waals surface area contributed by atoms with Gasteiger partial charge in [0.25, 0.3) is 5.91 Å². The van der Waals surface area contributed by atoms with Crippen LogP contribution in [0.2, 0.25) is 0 Å². The van der Waals surface area contributed by atoms with Crippen molar-refractivity contribution in [2.75, 3.05) is 6.54 Å². The molecule has 1 aliphatic carbocycles. The molecule has 1 saturated heterocycles. The van der Waals surface area contributed by atoms with Crippen molar-refractivity contribution in [2.45, 2.75) is 39.0 Å². The quantitative estimate of drug-likeness (QED) is 0.402. The first kappa shape index (κ1) is 11.2. The molecule has 0 atom stereocenters. The summed E-state index contributed by atoms with van der Waals surface area (Å²) >= 11 is 0. The second kappa shape index (κ2) is 3.92. The zero-order valence-electron chi connectivity index (χ0n) is 9.51. The Kier molecular flexibility index (Phi) is 2.74. The number of carbonyl (C=O) groups is 2. The predicted octanol–water partition coefficient (Wildman–Crippen LogP) is 1.47. The molecule has 16 heavy (non-hydrogen) atoms. The molecule has 4 heteroatoms. The van der Waals surface area contributed by atoms with Crippen molar-refractivity contribution in [3.63, 3.8) is 0 Å². The topological polar surface area (TPSA) is 66.4 Å². The van der Waals surface area contributed by atoms with Gasteiger partial charge in [0.15, 0.2) is 5.78 Å². The van der Waals surface area contributed by atoms with Crippen molar-refractivity contribution in [3.05, 3.63) is 11.3 Å². The highest BCUT2D eigenvalue weighted by atomic mass is 16.3. The van der Waals surface area contributed by atoms with E-state index in [-0.39, 0.29) is 29.1 Å². The van der Waals surface area contributed by atoms with Gasteiger partial charge in [-0.3, -0.25) is 9.59 Å². The third-order valence-corrected chi connectivity index (χ3v) is 3.68. The second-order valence-corrected chi connectivity index (χ2v) is 4.95. The van der Waals surface area contributed by atoms with Crippen molar-refractivity contribution < 1.29 is 14.7 Å². The third-order valence-electron chi connectivity index (χ3n) is 3.68. The van der Waals surface area contributed by atoms with Crippen molar-refractivity contribution in [3.8, 4) is 0 Å². The van der Waals surface area contributed by atoms with Gasteiger partial charge >= 0.3 is 0 Å². The first-order chi connectivity index (χ1) is 7.54. The number of allylic oxidation sites excluding steroid dienone is 1. The summed E-state index contributed by atoms with van der Waals surface area (Å²) < 4.78 is 0. The lowest BCUT2D eigenvalue weighted by molar-refractivity contribution is -0.117. The Balaban J connectivity index is 2.34. The lowest BCUT2D eigenvalue weighted by Crippen LogP contribution is -2.26. The highest BCUT2D eigenvalue weighted by molar-refractivity contribution is 6.25. The van der Waals surface area contributed by atoms with Crippen LogP contribution < -0.4 is 5.32 Å². The first-order valence-electron chi connectivity index (χ1n) is 5.80. The average Bonchev–Trinajstić information content (AvgIpc) is 2.59. The number of hydrogen-bond donors (Lipinski definition) is 2. The van der Waals surface area contributed by atoms with Gasteiger partial charge in [0, 0.05) is 5.41 Å². The van der Waals surface area contributed by atoms with Crippen LogP contribution in [-0.4, -0.2) is 23.3 Å². The van der Waals surface area contributed by atoms with Gasteiger partial charge in [-0.15, -0.1) is 0 Å². The number of aliphatic hydroxyl groups is 1. The zero-order valence-corrected chi connectivity index (χ0v) is 9.51. The smallest absolute Gasteiger partial charge is 0.258 e. The molecule has 0 aromatic carbocycles. The van der Waals surface area contributed by atoms with Gasteiger partial charge in [-0.2, -0.15) is 0 Å². The highest BCUT2D eigenvalue weighted by Gasteiger charge is 2.39. The molecule has 0 bridgehead atoms. The molecule has 4 nitrogen and oxygen atoms in total. The number of amides is 1. The molecular formula is C12H17NO3. The Hall–Kier alpha value is -1.32. The molecule has 2 N–H and O–H groups in total. The van der Waals surface area contributed by atoms with Gasteiger partial charge in [0.2, 0.25) is 0 Å².